The van der Waals surface area contributed by atoms with E-state index in [2.05, 4.69) is 93.5 Å². The second-order valence-electron chi connectivity index (χ2n) is 8.06. The first kappa shape index (κ1) is 19.4. The molecule has 1 fully saturated rings. The van der Waals surface area contributed by atoms with Crippen molar-refractivity contribution < 1.29 is 0 Å². The molecule has 2 aromatic carbocycles. The smallest absolute Gasteiger partial charge is 0.123 e. The molecule has 1 aliphatic heterocycles. The lowest BCUT2D eigenvalue weighted by molar-refractivity contribution is 0.274. The van der Waals surface area contributed by atoms with Crippen LogP contribution in [-0.2, 0) is 12.2 Å². The third-order valence-corrected chi connectivity index (χ3v) is 7.82. The van der Waals surface area contributed by atoms with Gasteiger partial charge in [0.1, 0.15) is 12.7 Å². The molecular formula is C24H27N5S. The second-order valence-corrected chi connectivity index (χ2v) is 9.29. The van der Waals surface area contributed by atoms with Gasteiger partial charge in [0.25, 0.3) is 0 Å². The fourth-order valence-electron chi connectivity index (χ4n) is 4.42. The van der Waals surface area contributed by atoms with Crippen molar-refractivity contribution in [3.63, 3.8) is 0 Å². The predicted molar refractivity (Wildman–Crippen MR) is 124 cm³/mol. The summed E-state index contributed by atoms with van der Waals surface area (Å²) in [6.45, 7) is 4.70. The highest BCUT2D eigenvalue weighted by Crippen LogP contribution is 2.31. The average Bonchev–Trinajstić information content (AvgIpc) is 3.52. The van der Waals surface area contributed by atoms with Gasteiger partial charge in [-0.05, 0) is 55.6 Å². The van der Waals surface area contributed by atoms with Crippen LogP contribution in [0.1, 0.15) is 24.5 Å². The summed E-state index contributed by atoms with van der Waals surface area (Å²) in [5.74, 6) is 1.11. The van der Waals surface area contributed by atoms with Gasteiger partial charge in [-0.1, -0.05) is 30.3 Å². The Morgan fingerprint density at radius 3 is 2.77 bits per heavy atom. The van der Waals surface area contributed by atoms with Gasteiger partial charge in [-0.25, -0.2) is 0 Å². The largest absolute Gasteiger partial charge is 0.361 e. The van der Waals surface area contributed by atoms with Crippen molar-refractivity contribution in [1.29, 1.82) is 0 Å². The first-order valence-electron chi connectivity index (χ1n) is 10.6. The Hall–Kier alpha value is -2.57. The van der Waals surface area contributed by atoms with Gasteiger partial charge >= 0.3 is 0 Å². The van der Waals surface area contributed by atoms with Crippen molar-refractivity contribution in [2.45, 2.75) is 36.8 Å². The maximum atomic E-state index is 3.92. The van der Waals surface area contributed by atoms with Crippen molar-refractivity contribution in [3.8, 4) is 5.69 Å². The van der Waals surface area contributed by atoms with E-state index in [0.29, 0.717) is 11.3 Å². The minimum atomic E-state index is 0.622. The maximum absolute atomic E-state index is 3.92. The molecule has 2 aromatic heterocycles. The molecule has 30 heavy (non-hydrogen) atoms. The minimum Gasteiger partial charge on any atom is -0.361 e. The topological polar surface area (TPSA) is 49.7 Å². The van der Waals surface area contributed by atoms with E-state index in [1.807, 2.05) is 4.57 Å². The quantitative estimate of drug-likeness (QED) is 0.474. The van der Waals surface area contributed by atoms with Crippen molar-refractivity contribution in [2.75, 3.05) is 13.1 Å². The molecule has 5 rings (SSSR count). The second kappa shape index (κ2) is 8.66. The SMILES string of the molecule is CC1[C@H](SCc2ccccc2)CCN1CCc1c[nH]c2ccc(-n3cnnc3)cc12. The number of fused-ring (bicyclic) bond motifs is 1. The number of rotatable bonds is 7. The molecule has 0 bridgehead atoms. The molecule has 6 heteroatoms. The van der Waals surface area contributed by atoms with Crippen LogP contribution in [0.3, 0.4) is 0 Å². The zero-order valence-corrected chi connectivity index (χ0v) is 18.1. The Kier molecular flexibility index (Phi) is 5.60. The van der Waals surface area contributed by atoms with Crippen LogP contribution in [0.2, 0.25) is 0 Å². The van der Waals surface area contributed by atoms with Gasteiger partial charge in [0, 0.05) is 46.4 Å². The standard InChI is InChI=1S/C24H27N5S/c1-18-24(30-15-19-5-3-2-4-6-19)10-12-28(18)11-9-20-14-25-23-8-7-21(13-22(20)23)29-16-26-27-17-29/h2-8,13-14,16-18,24-25H,9-12,15H2,1H3/t18?,24-/m1/s1. The summed E-state index contributed by atoms with van der Waals surface area (Å²) in [5, 5.41) is 9.86. The van der Waals surface area contributed by atoms with Crippen LogP contribution in [0, 0.1) is 0 Å². The highest BCUT2D eigenvalue weighted by atomic mass is 32.2. The Morgan fingerprint density at radius 2 is 1.93 bits per heavy atom. The van der Waals surface area contributed by atoms with Crippen LogP contribution in [0.4, 0.5) is 0 Å². The van der Waals surface area contributed by atoms with Crippen molar-refractivity contribution in [3.05, 3.63) is 78.5 Å². The molecule has 4 aromatic rings. The van der Waals surface area contributed by atoms with Gasteiger partial charge in [-0.3, -0.25) is 9.47 Å². The van der Waals surface area contributed by atoms with Gasteiger partial charge in [0.05, 0.1) is 0 Å². The van der Waals surface area contributed by atoms with E-state index < -0.39 is 0 Å². The fourth-order valence-corrected chi connectivity index (χ4v) is 5.74. The van der Waals surface area contributed by atoms with Crippen LogP contribution in [-0.4, -0.2) is 49.0 Å². The van der Waals surface area contributed by atoms with Crippen LogP contribution in [0.5, 0.6) is 0 Å². The zero-order valence-electron chi connectivity index (χ0n) is 17.2. The number of likely N-dealkylation sites (tertiary alicyclic amines) is 1. The molecule has 1 unspecified atom stereocenters. The van der Waals surface area contributed by atoms with Gasteiger partial charge < -0.3 is 4.98 Å². The Morgan fingerprint density at radius 1 is 1.10 bits per heavy atom. The minimum absolute atomic E-state index is 0.622. The summed E-state index contributed by atoms with van der Waals surface area (Å²) in [7, 11) is 0. The Balaban J connectivity index is 1.22. The Labute approximate surface area is 181 Å². The van der Waals surface area contributed by atoms with E-state index in [9.17, 15) is 0 Å². The normalized spacial score (nSPS) is 19.6. The van der Waals surface area contributed by atoms with Crippen molar-refractivity contribution in [1.82, 2.24) is 24.6 Å². The molecule has 0 radical (unpaired) electrons. The molecule has 0 amide bonds. The van der Waals surface area contributed by atoms with Crippen LogP contribution in [0.25, 0.3) is 16.6 Å². The lowest BCUT2D eigenvalue weighted by atomic mass is 10.1. The van der Waals surface area contributed by atoms with Crippen molar-refractivity contribution in [2.24, 2.45) is 0 Å². The summed E-state index contributed by atoms with van der Waals surface area (Å²) < 4.78 is 1.95. The molecular weight excluding hydrogens is 390 g/mol. The number of hydrogen-bond acceptors (Lipinski definition) is 4. The third kappa shape index (κ3) is 4.02. The number of aromatic amines is 1. The molecule has 0 aliphatic carbocycles. The molecule has 1 N–H and O–H groups in total. The van der Waals surface area contributed by atoms with E-state index in [1.165, 1.54) is 35.0 Å². The van der Waals surface area contributed by atoms with Gasteiger partial charge in [0.2, 0.25) is 0 Å². The predicted octanol–water partition coefficient (Wildman–Crippen LogP) is 4.69. The third-order valence-electron chi connectivity index (χ3n) is 6.26. The van der Waals surface area contributed by atoms with E-state index in [1.54, 1.807) is 12.7 Å². The monoisotopic (exact) mass is 417 g/mol. The molecule has 2 atom stereocenters. The molecule has 1 saturated heterocycles. The number of aromatic nitrogens is 4. The van der Waals surface area contributed by atoms with E-state index >= 15 is 0 Å². The highest BCUT2D eigenvalue weighted by Gasteiger charge is 2.30. The molecule has 3 heterocycles. The summed E-state index contributed by atoms with van der Waals surface area (Å²) >= 11 is 2.11. The van der Waals surface area contributed by atoms with Crippen LogP contribution < -0.4 is 0 Å². The summed E-state index contributed by atoms with van der Waals surface area (Å²) in [4.78, 5) is 6.09. The number of nitrogens with one attached hydrogen (secondary N) is 1. The Bertz CT molecular complexity index is 1090. The lowest BCUT2D eigenvalue weighted by Crippen LogP contribution is -2.32. The molecule has 0 saturated carbocycles. The van der Waals surface area contributed by atoms with E-state index in [0.717, 1.165) is 24.4 Å². The molecule has 154 valence electrons. The lowest BCUT2D eigenvalue weighted by Gasteiger charge is -2.24. The molecule has 0 spiro atoms. The summed E-state index contributed by atoms with van der Waals surface area (Å²) in [6, 6.07) is 17.9. The van der Waals surface area contributed by atoms with Crippen LogP contribution in [0.15, 0.2) is 67.4 Å². The fraction of sp³-hybridized carbons (Fsp3) is 0.333. The zero-order chi connectivity index (χ0) is 20.3. The van der Waals surface area contributed by atoms with E-state index in [4.69, 9.17) is 0 Å². The summed E-state index contributed by atoms with van der Waals surface area (Å²) in [5.41, 5.74) is 5.09. The van der Waals surface area contributed by atoms with Crippen LogP contribution >= 0.6 is 11.8 Å². The molecule has 5 nitrogen and oxygen atoms in total. The van der Waals surface area contributed by atoms with Gasteiger partial charge in [-0.15, -0.1) is 10.2 Å². The van der Waals surface area contributed by atoms with Gasteiger partial charge in [-0.2, -0.15) is 11.8 Å². The van der Waals surface area contributed by atoms with E-state index in [-0.39, 0.29) is 0 Å². The summed E-state index contributed by atoms with van der Waals surface area (Å²) in [6.07, 6.45) is 8.00. The molecule has 1 aliphatic rings. The van der Waals surface area contributed by atoms with Crippen molar-refractivity contribution >= 4 is 22.7 Å². The number of H-pyrrole nitrogens is 1. The highest BCUT2D eigenvalue weighted by molar-refractivity contribution is 7.99. The number of benzene rings is 2. The first-order chi connectivity index (χ1) is 14.8. The number of nitrogens with zero attached hydrogens (tertiary/aromatic N) is 4. The first-order valence-corrected chi connectivity index (χ1v) is 11.7. The van der Waals surface area contributed by atoms with Gasteiger partial charge in [0.15, 0.2) is 0 Å². The number of thioether (sulfide) groups is 1. The average molecular weight is 418 g/mol. The maximum Gasteiger partial charge on any atom is 0.123 e. The number of hydrogen-bond donors (Lipinski definition) is 1.